The molecule has 4 heteroatoms. The lowest BCUT2D eigenvalue weighted by Gasteiger charge is -2.34. The van der Waals surface area contributed by atoms with Crippen LogP contribution in [0.4, 0.5) is 4.39 Å². The minimum absolute atomic E-state index is 0.235. The molecule has 0 amide bonds. The maximum atomic E-state index is 13.9. The highest BCUT2D eigenvalue weighted by Gasteiger charge is 2.26. The maximum absolute atomic E-state index is 13.9. The Kier molecular flexibility index (Phi) is 5.24. The molecular formula is C20H21FN2O. The van der Waals surface area contributed by atoms with Crippen LogP contribution in [-0.4, -0.2) is 23.1 Å². The fourth-order valence-corrected chi connectivity index (χ4v) is 3.36. The molecule has 1 saturated heterocycles. The van der Waals surface area contributed by atoms with Gasteiger partial charge in [0, 0.05) is 12.1 Å². The summed E-state index contributed by atoms with van der Waals surface area (Å²) in [5.74, 6) is -0.0283. The largest absolute Gasteiger partial charge is 0.388 e. The van der Waals surface area contributed by atoms with E-state index in [9.17, 15) is 9.50 Å². The molecule has 24 heavy (non-hydrogen) atoms. The molecule has 0 radical (unpaired) electrons. The van der Waals surface area contributed by atoms with E-state index in [1.54, 1.807) is 6.07 Å². The molecule has 1 fully saturated rings. The number of likely N-dealkylation sites (tertiary alicyclic amines) is 1. The molecule has 1 N–H and O–H groups in total. The molecule has 124 valence electrons. The zero-order valence-corrected chi connectivity index (χ0v) is 13.5. The number of aliphatic hydroxyl groups excluding tert-OH is 1. The summed E-state index contributed by atoms with van der Waals surface area (Å²) in [6.45, 7) is 2.16. The Bertz CT molecular complexity index is 718. The molecule has 3 rings (SSSR count). The van der Waals surface area contributed by atoms with Crippen molar-refractivity contribution in [2.24, 2.45) is 5.92 Å². The van der Waals surface area contributed by atoms with Crippen molar-refractivity contribution in [2.75, 3.05) is 13.1 Å². The van der Waals surface area contributed by atoms with Gasteiger partial charge in [0.15, 0.2) is 0 Å². The summed E-state index contributed by atoms with van der Waals surface area (Å²) in [7, 11) is 0. The Balaban J connectivity index is 1.59. The Labute approximate surface area is 142 Å². The SMILES string of the molecule is N#Cc1ccc(F)c(CN2CCC([C@H](O)c3ccccc3)CC2)c1. The van der Waals surface area contributed by atoms with Crippen LogP contribution >= 0.6 is 0 Å². The first-order valence-electron chi connectivity index (χ1n) is 8.31. The molecule has 1 heterocycles. The van der Waals surface area contributed by atoms with Crippen LogP contribution in [-0.2, 0) is 6.54 Å². The molecule has 0 aliphatic carbocycles. The first kappa shape index (κ1) is 16.6. The van der Waals surface area contributed by atoms with Gasteiger partial charge < -0.3 is 5.11 Å². The Hall–Kier alpha value is -2.22. The van der Waals surface area contributed by atoms with Crippen molar-refractivity contribution in [3.63, 3.8) is 0 Å². The van der Waals surface area contributed by atoms with Crippen molar-refractivity contribution in [1.29, 1.82) is 5.26 Å². The second kappa shape index (κ2) is 7.57. The quantitative estimate of drug-likeness (QED) is 0.934. The summed E-state index contributed by atoms with van der Waals surface area (Å²) < 4.78 is 13.9. The van der Waals surface area contributed by atoms with E-state index in [0.717, 1.165) is 31.5 Å². The van der Waals surface area contributed by atoms with Crippen molar-refractivity contribution in [2.45, 2.75) is 25.5 Å². The van der Waals surface area contributed by atoms with Gasteiger partial charge in [0.1, 0.15) is 5.82 Å². The maximum Gasteiger partial charge on any atom is 0.127 e. The van der Waals surface area contributed by atoms with Crippen molar-refractivity contribution >= 4 is 0 Å². The highest BCUT2D eigenvalue weighted by atomic mass is 19.1. The van der Waals surface area contributed by atoms with Crippen molar-refractivity contribution < 1.29 is 9.50 Å². The van der Waals surface area contributed by atoms with Gasteiger partial charge in [-0.1, -0.05) is 30.3 Å². The number of nitrogens with zero attached hydrogens (tertiary/aromatic N) is 2. The van der Waals surface area contributed by atoms with E-state index in [1.807, 2.05) is 30.3 Å². The van der Waals surface area contributed by atoms with Gasteiger partial charge in [0.05, 0.1) is 17.7 Å². The lowest BCUT2D eigenvalue weighted by Crippen LogP contribution is -2.35. The summed E-state index contributed by atoms with van der Waals surface area (Å²) in [6.07, 6.45) is 1.33. The van der Waals surface area contributed by atoms with E-state index in [2.05, 4.69) is 11.0 Å². The first-order valence-corrected chi connectivity index (χ1v) is 8.31. The summed E-state index contributed by atoms with van der Waals surface area (Å²) in [4.78, 5) is 2.19. The molecule has 2 aromatic carbocycles. The number of hydrogen-bond donors (Lipinski definition) is 1. The van der Waals surface area contributed by atoms with E-state index >= 15 is 0 Å². The van der Waals surface area contributed by atoms with Gasteiger partial charge in [0.2, 0.25) is 0 Å². The Morgan fingerprint density at radius 2 is 1.88 bits per heavy atom. The fraction of sp³-hybridized carbons (Fsp3) is 0.350. The molecule has 3 nitrogen and oxygen atoms in total. The van der Waals surface area contributed by atoms with Crippen molar-refractivity contribution in [3.05, 3.63) is 71.0 Å². The highest BCUT2D eigenvalue weighted by Crippen LogP contribution is 2.31. The molecule has 1 aliphatic heterocycles. The van der Waals surface area contributed by atoms with Gasteiger partial charge in [0.25, 0.3) is 0 Å². The lowest BCUT2D eigenvalue weighted by molar-refractivity contribution is 0.0565. The molecule has 0 bridgehead atoms. The molecular weight excluding hydrogens is 303 g/mol. The first-order chi connectivity index (χ1) is 11.7. The minimum Gasteiger partial charge on any atom is -0.388 e. The van der Waals surface area contributed by atoms with Crippen LogP contribution in [0.1, 0.15) is 35.6 Å². The third kappa shape index (κ3) is 3.81. The number of piperidine rings is 1. The average Bonchev–Trinajstić information content (AvgIpc) is 2.64. The number of benzene rings is 2. The summed E-state index contributed by atoms with van der Waals surface area (Å²) in [5.41, 5.74) is 2.01. The summed E-state index contributed by atoms with van der Waals surface area (Å²) >= 11 is 0. The van der Waals surface area contributed by atoms with Crippen LogP contribution in [0, 0.1) is 23.1 Å². The molecule has 0 unspecified atom stereocenters. The van der Waals surface area contributed by atoms with Crippen LogP contribution in [0.25, 0.3) is 0 Å². The van der Waals surface area contributed by atoms with Crippen LogP contribution < -0.4 is 0 Å². The standard InChI is InChI=1S/C20H21FN2O/c21-19-7-6-15(13-22)12-18(19)14-23-10-8-17(9-11-23)20(24)16-4-2-1-3-5-16/h1-7,12,17,20,24H,8-11,14H2/t20-/m1/s1. The average molecular weight is 324 g/mol. The lowest BCUT2D eigenvalue weighted by atomic mass is 9.87. The van der Waals surface area contributed by atoms with Gasteiger partial charge >= 0.3 is 0 Å². The van der Waals surface area contributed by atoms with Gasteiger partial charge in [-0.05, 0) is 55.6 Å². The topological polar surface area (TPSA) is 47.3 Å². The number of halogens is 1. The van der Waals surface area contributed by atoms with Gasteiger partial charge in [-0.2, -0.15) is 5.26 Å². The normalized spacial score (nSPS) is 17.4. The van der Waals surface area contributed by atoms with Gasteiger partial charge in [-0.3, -0.25) is 4.90 Å². The van der Waals surface area contributed by atoms with Crippen molar-refractivity contribution in [3.8, 4) is 6.07 Å². The molecule has 1 atom stereocenters. The van der Waals surface area contributed by atoms with Gasteiger partial charge in [-0.15, -0.1) is 0 Å². The highest BCUT2D eigenvalue weighted by molar-refractivity contribution is 5.33. The molecule has 2 aromatic rings. The van der Waals surface area contributed by atoms with Crippen LogP contribution in [0.2, 0.25) is 0 Å². The number of aliphatic hydroxyl groups is 1. The summed E-state index contributed by atoms with van der Waals surface area (Å²) in [5, 5.41) is 19.5. The minimum atomic E-state index is -0.438. The van der Waals surface area contributed by atoms with Crippen molar-refractivity contribution in [1.82, 2.24) is 4.90 Å². The monoisotopic (exact) mass is 324 g/mol. The van der Waals surface area contributed by atoms with Crippen LogP contribution in [0.5, 0.6) is 0 Å². The third-order valence-corrected chi connectivity index (χ3v) is 4.79. The second-order valence-corrected chi connectivity index (χ2v) is 6.39. The van der Waals surface area contributed by atoms with Gasteiger partial charge in [-0.25, -0.2) is 4.39 Å². The van der Waals surface area contributed by atoms with E-state index in [4.69, 9.17) is 5.26 Å². The molecule has 1 aliphatic rings. The molecule has 0 spiro atoms. The zero-order valence-electron chi connectivity index (χ0n) is 13.5. The Morgan fingerprint density at radius 1 is 1.17 bits per heavy atom. The van der Waals surface area contributed by atoms with E-state index in [0.29, 0.717) is 17.7 Å². The van der Waals surface area contributed by atoms with E-state index < -0.39 is 6.10 Å². The third-order valence-electron chi connectivity index (χ3n) is 4.79. The van der Waals surface area contributed by atoms with Crippen LogP contribution in [0.3, 0.4) is 0 Å². The number of hydrogen-bond acceptors (Lipinski definition) is 3. The van der Waals surface area contributed by atoms with E-state index in [1.165, 1.54) is 12.1 Å². The predicted octanol–water partition coefficient (Wildman–Crippen LogP) is 3.64. The molecule has 0 saturated carbocycles. The smallest absolute Gasteiger partial charge is 0.127 e. The van der Waals surface area contributed by atoms with Crippen LogP contribution in [0.15, 0.2) is 48.5 Å². The zero-order chi connectivity index (χ0) is 16.9. The predicted molar refractivity (Wildman–Crippen MR) is 90.5 cm³/mol. The molecule has 0 aromatic heterocycles. The van der Waals surface area contributed by atoms with E-state index in [-0.39, 0.29) is 11.7 Å². The second-order valence-electron chi connectivity index (χ2n) is 6.39. The number of rotatable bonds is 4. The number of nitriles is 1. The summed E-state index contributed by atoms with van der Waals surface area (Å²) in [6, 6.07) is 16.3. The fourth-order valence-electron chi connectivity index (χ4n) is 3.36. The Morgan fingerprint density at radius 3 is 2.54 bits per heavy atom.